The summed E-state index contributed by atoms with van der Waals surface area (Å²) in [6, 6.07) is 20.5. The van der Waals surface area contributed by atoms with Crippen molar-refractivity contribution in [2.45, 2.75) is 25.4 Å². The zero-order chi connectivity index (χ0) is 15.4. The summed E-state index contributed by atoms with van der Waals surface area (Å²) in [7, 11) is 0. The lowest BCUT2D eigenvalue weighted by Gasteiger charge is -2.35. The van der Waals surface area contributed by atoms with Crippen LogP contribution in [0.3, 0.4) is 0 Å². The highest BCUT2D eigenvalue weighted by Gasteiger charge is 2.41. The molecule has 0 aliphatic carbocycles. The molecule has 2 nitrogen and oxygen atoms in total. The van der Waals surface area contributed by atoms with Gasteiger partial charge in [-0.05, 0) is 30.6 Å². The first-order valence-electron chi connectivity index (χ1n) is 8.26. The van der Waals surface area contributed by atoms with Crippen molar-refractivity contribution >= 4 is 0 Å². The van der Waals surface area contributed by atoms with Crippen LogP contribution in [0.4, 0.5) is 0 Å². The summed E-state index contributed by atoms with van der Waals surface area (Å²) in [6.45, 7) is 5.33. The van der Waals surface area contributed by atoms with E-state index >= 15 is 0 Å². The number of rotatable bonds is 5. The second-order valence-corrected chi connectivity index (χ2v) is 6.33. The molecular formula is C20H25NO. The number of benzene rings is 2. The molecule has 0 saturated carbocycles. The molecule has 0 bridgehead atoms. The molecule has 3 rings (SSSR count). The maximum atomic E-state index is 11.6. The van der Waals surface area contributed by atoms with Crippen LogP contribution in [-0.4, -0.2) is 29.6 Å². The van der Waals surface area contributed by atoms with Gasteiger partial charge in [0.2, 0.25) is 0 Å². The Morgan fingerprint density at radius 1 is 1.05 bits per heavy atom. The van der Waals surface area contributed by atoms with E-state index in [-0.39, 0.29) is 5.92 Å². The summed E-state index contributed by atoms with van der Waals surface area (Å²) in [6.07, 6.45) is 1.74. The predicted octanol–water partition coefficient (Wildman–Crippen LogP) is 3.46. The average molecular weight is 295 g/mol. The van der Waals surface area contributed by atoms with Gasteiger partial charge < -0.3 is 10.0 Å². The van der Waals surface area contributed by atoms with Gasteiger partial charge in [-0.15, -0.1) is 0 Å². The van der Waals surface area contributed by atoms with Gasteiger partial charge in [0.25, 0.3) is 0 Å². The molecule has 1 aliphatic rings. The SMILES string of the molecule is CCN1CC[C@@H]([C@@](O)(Cc2ccccc2)c2ccccc2)C1. The lowest BCUT2D eigenvalue weighted by molar-refractivity contribution is -0.0202. The highest BCUT2D eigenvalue weighted by atomic mass is 16.3. The molecule has 2 aromatic rings. The molecule has 1 aliphatic heterocycles. The standard InChI is InChI=1S/C20H25NO/c1-2-21-14-13-19(16-21)20(22,18-11-7-4-8-12-18)15-17-9-5-3-6-10-17/h3-12,19,22H,2,13-16H2,1H3/t19-,20-/m1/s1. The van der Waals surface area contributed by atoms with E-state index in [1.165, 1.54) is 5.56 Å². The van der Waals surface area contributed by atoms with Crippen LogP contribution in [0.2, 0.25) is 0 Å². The Balaban J connectivity index is 1.92. The smallest absolute Gasteiger partial charge is 0.0977 e. The zero-order valence-electron chi connectivity index (χ0n) is 13.3. The summed E-state index contributed by atoms with van der Waals surface area (Å²) in [5.41, 5.74) is 1.46. The molecule has 2 atom stereocenters. The van der Waals surface area contributed by atoms with Crippen LogP contribution in [0.1, 0.15) is 24.5 Å². The maximum Gasteiger partial charge on any atom is 0.0977 e. The van der Waals surface area contributed by atoms with E-state index in [4.69, 9.17) is 0 Å². The van der Waals surface area contributed by atoms with E-state index in [0.717, 1.165) is 31.6 Å². The number of aliphatic hydroxyl groups is 1. The molecule has 0 spiro atoms. The Hall–Kier alpha value is -1.64. The predicted molar refractivity (Wildman–Crippen MR) is 90.7 cm³/mol. The number of likely N-dealkylation sites (tertiary alicyclic amines) is 1. The Morgan fingerprint density at radius 2 is 1.68 bits per heavy atom. The largest absolute Gasteiger partial charge is 0.384 e. The highest BCUT2D eigenvalue weighted by Crippen LogP contribution is 2.38. The second kappa shape index (κ2) is 6.64. The van der Waals surface area contributed by atoms with Crippen molar-refractivity contribution in [2.75, 3.05) is 19.6 Å². The highest BCUT2D eigenvalue weighted by molar-refractivity contribution is 5.28. The first kappa shape index (κ1) is 15.3. The Kier molecular flexibility index (Phi) is 4.60. The Bertz CT molecular complexity index is 583. The summed E-state index contributed by atoms with van der Waals surface area (Å²) >= 11 is 0. The van der Waals surface area contributed by atoms with Gasteiger partial charge in [-0.2, -0.15) is 0 Å². The molecule has 1 heterocycles. The quantitative estimate of drug-likeness (QED) is 0.913. The van der Waals surface area contributed by atoms with Gasteiger partial charge in [0.15, 0.2) is 0 Å². The van der Waals surface area contributed by atoms with Crippen molar-refractivity contribution in [3.63, 3.8) is 0 Å². The van der Waals surface area contributed by atoms with E-state index in [1.54, 1.807) is 0 Å². The van der Waals surface area contributed by atoms with Crippen molar-refractivity contribution in [2.24, 2.45) is 5.92 Å². The second-order valence-electron chi connectivity index (χ2n) is 6.33. The van der Waals surface area contributed by atoms with Crippen molar-refractivity contribution in [1.29, 1.82) is 0 Å². The molecule has 116 valence electrons. The fourth-order valence-corrected chi connectivity index (χ4v) is 3.63. The molecule has 0 unspecified atom stereocenters. The van der Waals surface area contributed by atoms with Crippen molar-refractivity contribution in [1.82, 2.24) is 4.90 Å². The minimum Gasteiger partial charge on any atom is -0.384 e. The molecule has 2 aromatic carbocycles. The van der Waals surface area contributed by atoms with Gasteiger partial charge in [0.1, 0.15) is 0 Å². The van der Waals surface area contributed by atoms with Crippen LogP contribution in [-0.2, 0) is 12.0 Å². The van der Waals surface area contributed by atoms with Crippen LogP contribution < -0.4 is 0 Å². The molecular weight excluding hydrogens is 270 g/mol. The molecule has 22 heavy (non-hydrogen) atoms. The van der Waals surface area contributed by atoms with Crippen molar-refractivity contribution < 1.29 is 5.11 Å². The van der Waals surface area contributed by atoms with Gasteiger partial charge in [0.05, 0.1) is 5.60 Å². The third-order valence-electron chi connectivity index (χ3n) is 4.99. The zero-order valence-corrected chi connectivity index (χ0v) is 13.3. The van der Waals surface area contributed by atoms with Crippen LogP contribution in [0, 0.1) is 5.92 Å². The van der Waals surface area contributed by atoms with Crippen LogP contribution in [0.5, 0.6) is 0 Å². The molecule has 0 aromatic heterocycles. The molecule has 1 saturated heterocycles. The maximum absolute atomic E-state index is 11.6. The fourth-order valence-electron chi connectivity index (χ4n) is 3.63. The van der Waals surface area contributed by atoms with E-state index in [0.29, 0.717) is 6.42 Å². The fraction of sp³-hybridized carbons (Fsp3) is 0.400. The van der Waals surface area contributed by atoms with Gasteiger partial charge in [-0.25, -0.2) is 0 Å². The number of hydrogen-bond donors (Lipinski definition) is 1. The molecule has 1 N–H and O–H groups in total. The van der Waals surface area contributed by atoms with E-state index in [1.807, 2.05) is 36.4 Å². The van der Waals surface area contributed by atoms with Crippen molar-refractivity contribution in [3.05, 3.63) is 71.8 Å². The van der Waals surface area contributed by atoms with E-state index in [2.05, 4.69) is 36.1 Å². The lowest BCUT2D eigenvalue weighted by atomic mass is 9.76. The Morgan fingerprint density at radius 3 is 2.27 bits per heavy atom. The van der Waals surface area contributed by atoms with Crippen molar-refractivity contribution in [3.8, 4) is 0 Å². The van der Waals surface area contributed by atoms with Crippen LogP contribution in [0.25, 0.3) is 0 Å². The van der Waals surface area contributed by atoms with Crippen LogP contribution >= 0.6 is 0 Å². The Labute approximate surface area is 133 Å². The summed E-state index contributed by atoms with van der Waals surface area (Å²) in [4.78, 5) is 2.43. The lowest BCUT2D eigenvalue weighted by Crippen LogP contribution is -2.39. The first-order valence-corrected chi connectivity index (χ1v) is 8.26. The minimum atomic E-state index is -0.785. The minimum absolute atomic E-state index is 0.287. The summed E-state index contributed by atoms with van der Waals surface area (Å²) in [5, 5.41) is 11.6. The molecule has 2 heteroatoms. The third-order valence-corrected chi connectivity index (χ3v) is 4.99. The number of nitrogens with zero attached hydrogens (tertiary/aromatic N) is 1. The number of hydrogen-bond acceptors (Lipinski definition) is 2. The molecule has 0 amide bonds. The third kappa shape index (κ3) is 3.08. The van der Waals surface area contributed by atoms with Gasteiger partial charge in [-0.3, -0.25) is 0 Å². The molecule has 1 fully saturated rings. The molecule has 0 radical (unpaired) electrons. The van der Waals surface area contributed by atoms with Gasteiger partial charge in [0, 0.05) is 18.9 Å². The van der Waals surface area contributed by atoms with E-state index < -0.39 is 5.60 Å². The summed E-state index contributed by atoms with van der Waals surface area (Å²) in [5.74, 6) is 0.287. The first-order chi connectivity index (χ1) is 10.7. The van der Waals surface area contributed by atoms with Gasteiger partial charge >= 0.3 is 0 Å². The van der Waals surface area contributed by atoms with E-state index in [9.17, 15) is 5.11 Å². The van der Waals surface area contributed by atoms with Gasteiger partial charge in [-0.1, -0.05) is 67.6 Å². The topological polar surface area (TPSA) is 23.5 Å². The van der Waals surface area contributed by atoms with Crippen LogP contribution in [0.15, 0.2) is 60.7 Å². The monoisotopic (exact) mass is 295 g/mol. The summed E-state index contributed by atoms with van der Waals surface area (Å²) < 4.78 is 0. The normalized spacial score (nSPS) is 21.6. The average Bonchev–Trinajstić information content (AvgIpc) is 3.06.